The van der Waals surface area contributed by atoms with Crippen molar-refractivity contribution in [2.75, 3.05) is 0 Å². The van der Waals surface area contributed by atoms with Gasteiger partial charge in [0.2, 0.25) is 5.78 Å². The van der Waals surface area contributed by atoms with Crippen LogP contribution in [-0.2, 0) is 7.05 Å². The molecule has 0 bridgehead atoms. The average Bonchev–Trinajstić information content (AvgIpc) is 2.30. The molecule has 1 heterocycles. The number of Topliss-reactive ketones (excluding diaryl/α,β-unsaturated/α-hetero) is 1. The van der Waals surface area contributed by atoms with Gasteiger partial charge in [-0.05, 0) is 15.9 Å². The van der Waals surface area contributed by atoms with Crippen LogP contribution in [0.4, 0.5) is 8.78 Å². The van der Waals surface area contributed by atoms with Gasteiger partial charge in [-0.3, -0.25) is 4.79 Å². The van der Waals surface area contributed by atoms with Gasteiger partial charge in [0.1, 0.15) is 5.69 Å². The summed E-state index contributed by atoms with van der Waals surface area (Å²) >= 11 is 2.84. The zero-order valence-electron chi connectivity index (χ0n) is 5.96. The second-order valence-electron chi connectivity index (χ2n) is 2.02. The molecule has 0 fully saturated rings. The topological polar surface area (TPSA) is 47.8 Å². The van der Waals surface area contributed by atoms with Crippen LogP contribution in [0, 0.1) is 0 Å². The molecular formula is C5H4BrF2N3O. The Kier molecular flexibility index (Phi) is 2.51. The number of carbonyl (C=O) groups is 1. The largest absolute Gasteiger partial charge is 0.302 e. The first-order valence-electron chi connectivity index (χ1n) is 2.91. The van der Waals surface area contributed by atoms with Crippen LogP contribution in [0.25, 0.3) is 0 Å². The SMILES string of the molecule is Cn1nnc(Br)c1C(=O)C(F)F. The molecule has 0 unspecified atom stereocenters. The highest BCUT2D eigenvalue weighted by atomic mass is 79.9. The third-order valence-electron chi connectivity index (χ3n) is 1.22. The fraction of sp³-hybridized carbons (Fsp3) is 0.400. The fourth-order valence-corrected chi connectivity index (χ4v) is 1.22. The number of nitrogens with zero attached hydrogens (tertiary/aromatic N) is 3. The van der Waals surface area contributed by atoms with Crippen molar-refractivity contribution in [2.45, 2.75) is 6.43 Å². The first-order chi connectivity index (χ1) is 5.54. The van der Waals surface area contributed by atoms with Crippen molar-refractivity contribution in [1.82, 2.24) is 15.0 Å². The summed E-state index contributed by atoms with van der Waals surface area (Å²) in [6.45, 7) is 0. The van der Waals surface area contributed by atoms with E-state index in [9.17, 15) is 13.6 Å². The molecule has 0 aliphatic heterocycles. The first kappa shape index (κ1) is 9.24. The van der Waals surface area contributed by atoms with Crippen LogP contribution in [-0.4, -0.2) is 27.2 Å². The molecule has 0 saturated heterocycles. The summed E-state index contributed by atoms with van der Waals surface area (Å²) in [5.41, 5.74) is -0.218. The number of aryl methyl sites for hydroxylation is 1. The minimum atomic E-state index is -3.03. The van der Waals surface area contributed by atoms with Crippen molar-refractivity contribution in [3.8, 4) is 0 Å². The second-order valence-corrected chi connectivity index (χ2v) is 2.77. The van der Waals surface area contributed by atoms with Crippen LogP contribution in [0.5, 0.6) is 0 Å². The van der Waals surface area contributed by atoms with E-state index in [1.54, 1.807) is 0 Å². The van der Waals surface area contributed by atoms with Crippen molar-refractivity contribution in [1.29, 1.82) is 0 Å². The van der Waals surface area contributed by atoms with Crippen LogP contribution >= 0.6 is 15.9 Å². The molecule has 7 heteroatoms. The zero-order valence-corrected chi connectivity index (χ0v) is 7.55. The van der Waals surface area contributed by atoms with Crippen LogP contribution in [0.3, 0.4) is 0 Å². The lowest BCUT2D eigenvalue weighted by molar-refractivity contribution is 0.0667. The van der Waals surface area contributed by atoms with Gasteiger partial charge in [0.05, 0.1) is 0 Å². The number of hydrogen-bond donors (Lipinski definition) is 0. The molecule has 0 aliphatic rings. The summed E-state index contributed by atoms with van der Waals surface area (Å²) in [4.78, 5) is 10.8. The molecule has 4 nitrogen and oxygen atoms in total. The zero-order chi connectivity index (χ0) is 9.30. The van der Waals surface area contributed by atoms with E-state index in [-0.39, 0.29) is 10.3 Å². The monoisotopic (exact) mass is 239 g/mol. The van der Waals surface area contributed by atoms with Crippen molar-refractivity contribution in [3.63, 3.8) is 0 Å². The second kappa shape index (κ2) is 3.26. The van der Waals surface area contributed by atoms with Crippen LogP contribution in [0.1, 0.15) is 10.5 Å². The molecule has 0 aliphatic carbocycles. The minimum Gasteiger partial charge on any atom is -0.286 e. The molecule has 0 radical (unpaired) electrons. The van der Waals surface area contributed by atoms with Gasteiger partial charge in [0.15, 0.2) is 4.60 Å². The van der Waals surface area contributed by atoms with E-state index in [1.807, 2.05) is 0 Å². The molecule has 66 valence electrons. The molecule has 0 amide bonds. The van der Waals surface area contributed by atoms with Crippen molar-refractivity contribution in [3.05, 3.63) is 10.3 Å². The highest BCUT2D eigenvalue weighted by Gasteiger charge is 2.24. The molecule has 1 rings (SSSR count). The molecule has 1 aromatic rings. The average molecular weight is 240 g/mol. The van der Waals surface area contributed by atoms with Gasteiger partial charge in [-0.15, -0.1) is 5.10 Å². The molecule has 0 spiro atoms. The number of halogens is 3. The van der Waals surface area contributed by atoms with Crippen LogP contribution in [0.15, 0.2) is 4.60 Å². The van der Waals surface area contributed by atoms with E-state index in [0.717, 1.165) is 4.68 Å². The number of alkyl halides is 2. The fourth-order valence-electron chi connectivity index (χ4n) is 0.696. The molecular weight excluding hydrogens is 236 g/mol. The number of rotatable bonds is 2. The quantitative estimate of drug-likeness (QED) is 0.725. The summed E-state index contributed by atoms with van der Waals surface area (Å²) in [6, 6.07) is 0. The number of ketones is 1. The highest BCUT2D eigenvalue weighted by molar-refractivity contribution is 9.10. The molecule has 1 aromatic heterocycles. The molecule has 0 aromatic carbocycles. The Hall–Kier alpha value is -0.850. The summed E-state index contributed by atoms with van der Waals surface area (Å²) in [6.07, 6.45) is -3.03. The van der Waals surface area contributed by atoms with Gasteiger partial charge in [-0.1, -0.05) is 5.21 Å². The Morgan fingerprint density at radius 1 is 1.67 bits per heavy atom. The summed E-state index contributed by atoms with van der Waals surface area (Å²) in [5.74, 6) is -1.28. The van der Waals surface area contributed by atoms with Crippen molar-refractivity contribution >= 4 is 21.7 Å². The van der Waals surface area contributed by atoms with Crippen LogP contribution < -0.4 is 0 Å². The van der Waals surface area contributed by atoms with E-state index in [1.165, 1.54) is 7.05 Å². The maximum absolute atomic E-state index is 11.9. The Morgan fingerprint density at radius 2 is 2.25 bits per heavy atom. The summed E-state index contributed by atoms with van der Waals surface area (Å²) in [5, 5.41) is 6.78. The van der Waals surface area contributed by atoms with Crippen molar-refractivity contribution < 1.29 is 13.6 Å². The van der Waals surface area contributed by atoms with Gasteiger partial charge < -0.3 is 0 Å². The highest BCUT2D eigenvalue weighted by Crippen LogP contribution is 2.15. The van der Waals surface area contributed by atoms with Gasteiger partial charge in [0, 0.05) is 7.05 Å². The maximum Gasteiger partial charge on any atom is 0.302 e. The van der Waals surface area contributed by atoms with Gasteiger partial charge in [-0.25, -0.2) is 13.5 Å². The number of carbonyl (C=O) groups excluding carboxylic acids is 1. The standard InChI is InChI=1S/C5H4BrF2N3O/c1-11-2(3(12)5(7)8)4(6)9-10-11/h5H,1H3. The Labute approximate surface area is 74.7 Å². The molecule has 0 saturated carbocycles. The van der Waals surface area contributed by atoms with E-state index in [0.29, 0.717) is 0 Å². The predicted molar refractivity (Wildman–Crippen MR) is 39.0 cm³/mol. The smallest absolute Gasteiger partial charge is 0.286 e. The van der Waals surface area contributed by atoms with E-state index in [2.05, 4.69) is 26.2 Å². The lowest BCUT2D eigenvalue weighted by Crippen LogP contribution is -2.15. The molecule has 0 N–H and O–H groups in total. The van der Waals surface area contributed by atoms with E-state index in [4.69, 9.17) is 0 Å². The number of hydrogen-bond acceptors (Lipinski definition) is 3. The van der Waals surface area contributed by atoms with Gasteiger partial charge in [-0.2, -0.15) is 0 Å². The van der Waals surface area contributed by atoms with Crippen LogP contribution in [0.2, 0.25) is 0 Å². The van der Waals surface area contributed by atoms with Gasteiger partial charge in [0.25, 0.3) is 0 Å². The number of aromatic nitrogens is 3. The predicted octanol–water partition coefficient (Wildman–Crippen LogP) is 1.03. The lowest BCUT2D eigenvalue weighted by atomic mass is 10.3. The normalized spacial score (nSPS) is 10.8. The summed E-state index contributed by atoms with van der Waals surface area (Å²) < 4.78 is 24.9. The Bertz CT molecular complexity index is 292. The van der Waals surface area contributed by atoms with E-state index >= 15 is 0 Å². The Morgan fingerprint density at radius 3 is 2.58 bits per heavy atom. The minimum absolute atomic E-state index is 0.0373. The molecule has 12 heavy (non-hydrogen) atoms. The third-order valence-corrected chi connectivity index (χ3v) is 1.75. The maximum atomic E-state index is 11.9. The van der Waals surface area contributed by atoms with Crippen molar-refractivity contribution in [2.24, 2.45) is 7.05 Å². The van der Waals surface area contributed by atoms with E-state index < -0.39 is 12.2 Å². The first-order valence-corrected chi connectivity index (χ1v) is 3.71. The molecule has 0 atom stereocenters. The summed E-state index contributed by atoms with van der Waals surface area (Å²) in [7, 11) is 1.37. The Balaban J connectivity index is 3.09. The van der Waals surface area contributed by atoms with Gasteiger partial charge >= 0.3 is 6.43 Å². The lowest BCUT2D eigenvalue weighted by Gasteiger charge is -1.97. The third kappa shape index (κ3) is 1.50.